The van der Waals surface area contributed by atoms with E-state index in [0.717, 1.165) is 16.8 Å². The van der Waals surface area contributed by atoms with Crippen LogP contribution in [0.2, 0.25) is 0 Å². The molecule has 0 saturated carbocycles. The molecule has 0 radical (unpaired) electrons. The summed E-state index contributed by atoms with van der Waals surface area (Å²) in [5.41, 5.74) is 2.55. The number of aromatic amines is 1. The van der Waals surface area contributed by atoms with Crippen LogP contribution in [0.15, 0.2) is 30.5 Å². The fraction of sp³-hybridized carbons (Fsp3) is 0.308. The monoisotopic (exact) mass is 297 g/mol. The van der Waals surface area contributed by atoms with Crippen molar-refractivity contribution in [1.29, 1.82) is 0 Å². The van der Waals surface area contributed by atoms with Crippen LogP contribution in [0, 0.1) is 5.82 Å². The van der Waals surface area contributed by atoms with Gasteiger partial charge in [0.05, 0.1) is 17.6 Å². The number of nitrogens with zero attached hydrogens (tertiary/aromatic N) is 1. The minimum atomic E-state index is -2.96. The molecule has 1 aromatic carbocycles. The maximum Gasteiger partial charge on any atom is 0.148 e. The quantitative estimate of drug-likeness (QED) is 0.789. The zero-order valence-electron chi connectivity index (χ0n) is 11.1. The molecule has 2 rings (SSSR count). The summed E-state index contributed by atoms with van der Waals surface area (Å²) in [6, 6.07) is 6.11. The highest BCUT2D eigenvalue weighted by atomic mass is 32.2. The summed E-state index contributed by atoms with van der Waals surface area (Å²) in [4.78, 5) is 0. The van der Waals surface area contributed by atoms with Crippen molar-refractivity contribution < 1.29 is 12.8 Å². The molecule has 0 fully saturated rings. The lowest BCUT2D eigenvalue weighted by atomic mass is 10.1. The van der Waals surface area contributed by atoms with Crippen molar-refractivity contribution in [3.8, 4) is 11.3 Å². The molecule has 1 aromatic heterocycles. The second-order valence-electron chi connectivity index (χ2n) is 4.58. The van der Waals surface area contributed by atoms with E-state index >= 15 is 0 Å². The lowest BCUT2D eigenvalue weighted by Crippen LogP contribution is -2.22. The zero-order valence-corrected chi connectivity index (χ0v) is 11.9. The highest BCUT2D eigenvalue weighted by Gasteiger charge is 2.08. The first kappa shape index (κ1) is 14.7. The average Bonchev–Trinajstić information content (AvgIpc) is 2.83. The molecule has 0 atom stereocenters. The summed E-state index contributed by atoms with van der Waals surface area (Å²) in [6.07, 6.45) is 2.88. The number of hydrogen-bond donors (Lipinski definition) is 2. The zero-order chi connectivity index (χ0) is 14.6. The summed E-state index contributed by atoms with van der Waals surface area (Å²) in [6.45, 7) is 0.881. The first-order valence-electron chi connectivity index (χ1n) is 6.12. The molecule has 7 heteroatoms. The third kappa shape index (κ3) is 4.14. The summed E-state index contributed by atoms with van der Waals surface area (Å²) >= 11 is 0. The van der Waals surface area contributed by atoms with Gasteiger partial charge in [-0.05, 0) is 24.3 Å². The van der Waals surface area contributed by atoms with Gasteiger partial charge in [0.25, 0.3) is 0 Å². The van der Waals surface area contributed by atoms with Gasteiger partial charge in [-0.3, -0.25) is 5.10 Å². The van der Waals surface area contributed by atoms with Crippen LogP contribution in [0.5, 0.6) is 0 Å². The van der Waals surface area contributed by atoms with Crippen molar-refractivity contribution in [3.05, 3.63) is 41.8 Å². The third-order valence-corrected chi connectivity index (χ3v) is 3.76. The van der Waals surface area contributed by atoms with E-state index in [-0.39, 0.29) is 11.6 Å². The molecular formula is C13H16FN3O2S. The fourth-order valence-electron chi connectivity index (χ4n) is 1.79. The van der Waals surface area contributed by atoms with Gasteiger partial charge in [0.2, 0.25) is 0 Å². The van der Waals surface area contributed by atoms with Crippen LogP contribution in [0.1, 0.15) is 5.56 Å². The molecule has 2 aromatic rings. The highest BCUT2D eigenvalue weighted by molar-refractivity contribution is 7.90. The minimum Gasteiger partial charge on any atom is -0.312 e. The highest BCUT2D eigenvalue weighted by Crippen LogP contribution is 2.21. The van der Waals surface area contributed by atoms with Gasteiger partial charge < -0.3 is 5.32 Å². The molecule has 0 aliphatic rings. The molecule has 0 aliphatic heterocycles. The molecule has 0 unspecified atom stereocenters. The number of hydrogen-bond acceptors (Lipinski definition) is 4. The van der Waals surface area contributed by atoms with E-state index in [1.165, 1.54) is 18.4 Å². The van der Waals surface area contributed by atoms with Gasteiger partial charge >= 0.3 is 0 Å². The van der Waals surface area contributed by atoms with E-state index in [4.69, 9.17) is 0 Å². The van der Waals surface area contributed by atoms with Crippen LogP contribution < -0.4 is 5.32 Å². The van der Waals surface area contributed by atoms with Gasteiger partial charge in [-0.25, -0.2) is 12.8 Å². The van der Waals surface area contributed by atoms with Gasteiger partial charge in [-0.15, -0.1) is 0 Å². The Kier molecular flexibility index (Phi) is 4.51. The number of nitrogens with one attached hydrogen (secondary N) is 2. The van der Waals surface area contributed by atoms with E-state index in [1.807, 2.05) is 0 Å². The van der Waals surface area contributed by atoms with E-state index in [1.54, 1.807) is 18.3 Å². The van der Waals surface area contributed by atoms with Crippen molar-refractivity contribution in [3.63, 3.8) is 0 Å². The Balaban J connectivity index is 2.00. The van der Waals surface area contributed by atoms with Crippen molar-refractivity contribution >= 4 is 9.84 Å². The third-order valence-electron chi connectivity index (χ3n) is 2.82. The van der Waals surface area contributed by atoms with Crippen LogP contribution in [0.4, 0.5) is 4.39 Å². The number of H-pyrrole nitrogens is 1. The van der Waals surface area contributed by atoms with Crippen LogP contribution in [0.3, 0.4) is 0 Å². The lowest BCUT2D eigenvalue weighted by Gasteiger charge is -2.05. The van der Waals surface area contributed by atoms with Crippen molar-refractivity contribution in [1.82, 2.24) is 15.5 Å². The van der Waals surface area contributed by atoms with Crippen molar-refractivity contribution in [2.45, 2.75) is 6.54 Å². The van der Waals surface area contributed by atoms with E-state index in [0.29, 0.717) is 13.1 Å². The van der Waals surface area contributed by atoms with Gasteiger partial charge in [0.1, 0.15) is 15.7 Å². The van der Waals surface area contributed by atoms with E-state index in [9.17, 15) is 12.8 Å². The minimum absolute atomic E-state index is 0.0940. The average molecular weight is 297 g/mol. The maximum absolute atomic E-state index is 12.9. The molecule has 0 aliphatic carbocycles. The molecule has 2 N–H and O–H groups in total. The van der Waals surface area contributed by atoms with E-state index in [2.05, 4.69) is 15.5 Å². The second kappa shape index (κ2) is 6.15. The Bertz CT molecular complexity index is 665. The molecule has 0 amide bonds. The van der Waals surface area contributed by atoms with Crippen molar-refractivity contribution in [2.75, 3.05) is 18.6 Å². The van der Waals surface area contributed by atoms with Crippen LogP contribution in [0.25, 0.3) is 11.3 Å². The first-order valence-corrected chi connectivity index (χ1v) is 8.18. The Morgan fingerprint density at radius 3 is 2.65 bits per heavy atom. The molecule has 0 saturated heterocycles. The molecule has 0 bridgehead atoms. The fourth-order valence-corrected chi connectivity index (χ4v) is 2.31. The number of sulfone groups is 1. The number of aromatic nitrogens is 2. The van der Waals surface area contributed by atoms with Gasteiger partial charge in [0, 0.05) is 30.5 Å². The molecule has 20 heavy (non-hydrogen) atoms. The Labute approximate surface area is 117 Å². The standard InChI is InChI=1S/C13H16FN3O2S/c1-20(18,19)7-6-15-8-11-9-16-17-13(11)10-2-4-12(14)5-3-10/h2-5,9,15H,6-8H2,1H3,(H,16,17). The smallest absolute Gasteiger partial charge is 0.148 e. The predicted octanol–water partition coefficient (Wildman–Crippen LogP) is 1.35. The normalized spacial score (nSPS) is 11.7. The van der Waals surface area contributed by atoms with Gasteiger partial charge in [-0.2, -0.15) is 5.10 Å². The van der Waals surface area contributed by atoms with Crippen LogP contribution in [-0.2, 0) is 16.4 Å². The SMILES string of the molecule is CS(=O)(=O)CCNCc1cn[nH]c1-c1ccc(F)cc1. The Hall–Kier alpha value is -1.73. The predicted molar refractivity (Wildman–Crippen MR) is 75.4 cm³/mol. The number of halogens is 1. The van der Waals surface area contributed by atoms with Crippen molar-refractivity contribution in [2.24, 2.45) is 0 Å². The van der Waals surface area contributed by atoms with E-state index < -0.39 is 9.84 Å². The van der Waals surface area contributed by atoms with Gasteiger partial charge in [-0.1, -0.05) is 0 Å². The van der Waals surface area contributed by atoms with Crippen LogP contribution >= 0.6 is 0 Å². The summed E-state index contributed by atoms with van der Waals surface area (Å²) in [5, 5.41) is 9.89. The first-order chi connectivity index (χ1) is 9.46. The Morgan fingerprint density at radius 1 is 1.30 bits per heavy atom. The number of benzene rings is 1. The summed E-state index contributed by atoms with van der Waals surface area (Å²) < 4.78 is 34.9. The summed E-state index contributed by atoms with van der Waals surface area (Å²) in [5.74, 6) is -0.197. The molecule has 1 heterocycles. The molecular weight excluding hydrogens is 281 g/mol. The maximum atomic E-state index is 12.9. The topological polar surface area (TPSA) is 74.8 Å². The second-order valence-corrected chi connectivity index (χ2v) is 6.84. The van der Waals surface area contributed by atoms with Crippen LogP contribution in [-0.4, -0.2) is 37.2 Å². The largest absolute Gasteiger partial charge is 0.312 e. The van der Waals surface area contributed by atoms with Gasteiger partial charge in [0.15, 0.2) is 0 Å². The lowest BCUT2D eigenvalue weighted by molar-refractivity contribution is 0.596. The molecule has 108 valence electrons. The molecule has 5 nitrogen and oxygen atoms in total. The molecule has 0 spiro atoms. The number of rotatable bonds is 6. The Morgan fingerprint density at radius 2 is 2.00 bits per heavy atom. The summed E-state index contributed by atoms with van der Waals surface area (Å²) in [7, 11) is -2.96.